The fourth-order valence-electron chi connectivity index (χ4n) is 0.969. The van der Waals surface area contributed by atoms with E-state index in [-0.39, 0.29) is 0 Å². The number of aliphatic carboxylic acids is 1. The summed E-state index contributed by atoms with van der Waals surface area (Å²) in [6, 6.07) is 3.62. The first kappa shape index (κ1) is 9.45. The predicted molar refractivity (Wildman–Crippen MR) is 50.3 cm³/mol. The quantitative estimate of drug-likeness (QED) is 0.701. The van der Waals surface area contributed by atoms with Gasteiger partial charge in [-0.25, -0.2) is 4.79 Å². The van der Waals surface area contributed by atoms with Gasteiger partial charge in [-0.3, -0.25) is 4.98 Å². The van der Waals surface area contributed by atoms with Crippen LogP contribution < -0.4 is 0 Å². The summed E-state index contributed by atoms with van der Waals surface area (Å²) >= 11 is 0. The zero-order chi connectivity index (χ0) is 9.84. The molecule has 0 aromatic carbocycles. The molecule has 1 rings (SSSR count). The van der Waals surface area contributed by atoms with Gasteiger partial charge in [-0.1, -0.05) is 0 Å². The highest BCUT2D eigenvalue weighted by atomic mass is 16.4. The Kier molecular flexibility index (Phi) is 2.80. The molecule has 0 unspecified atom stereocenters. The zero-order valence-electron chi connectivity index (χ0n) is 7.61. The molecule has 0 aliphatic carbocycles. The smallest absolute Gasteiger partial charge is 0.331 e. The number of carboxylic acid groups (broad SMARTS) is 1. The fraction of sp³-hybridized carbons (Fsp3) is 0.200. The summed E-state index contributed by atoms with van der Waals surface area (Å²) in [4.78, 5) is 14.5. The largest absolute Gasteiger partial charge is 0.478 e. The number of carboxylic acids is 1. The summed E-state index contributed by atoms with van der Waals surface area (Å²) in [7, 11) is 0. The topological polar surface area (TPSA) is 50.2 Å². The molecule has 0 saturated heterocycles. The van der Waals surface area contributed by atoms with Crippen molar-refractivity contribution in [3.8, 4) is 0 Å². The Morgan fingerprint density at radius 3 is 2.85 bits per heavy atom. The number of rotatable bonds is 2. The lowest BCUT2D eigenvalue weighted by Crippen LogP contribution is -1.95. The number of pyridine rings is 1. The predicted octanol–water partition coefficient (Wildman–Crippen LogP) is 1.88. The lowest BCUT2D eigenvalue weighted by Gasteiger charge is -1.96. The Morgan fingerprint density at radius 1 is 1.62 bits per heavy atom. The monoisotopic (exact) mass is 177 g/mol. The Balaban J connectivity index is 2.97. The Hall–Kier alpha value is -1.64. The van der Waals surface area contributed by atoms with E-state index < -0.39 is 5.97 Å². The van der Waals surface area contributed by atoms with Gasteiger partial charge >= 0.3 is 5.97 Å². The maximum atomic E-state index is 10.5. The van der Waals surface area contributed by atoms with E-state index in [0.717, 1.165) is 11.3 Å². The van der Waals surface area contributed by atoms with Crippen molar-refractivity contribution in [3.05, 3.63) is 35.2 Å². The molecule has 0 aliphatic heterocycles. The van der Waals surface area contributed by atoms with Crippen molar-refractivity contribution < 1.29 is 9.90 Å². The molecule has 0 fully saturated rings. The van der Waals surface area contributed by atoms with Crippen LogP contribution >= 0.6 is 0 Å². The fourth-order valence-corrected chi connectivity index (χ4v) is 0.969. The van der Waals surface area contributed by atoms with Crippen molar-refractivity contribution >= 4 is 12.0 Å². The van der Waals surface area contributed by atoms with Crippen molar-refractivity contribution in [2.75, 3.05) is 0 Å². The van der Waals surface area contributed by atoms with E-state index >= 15 is 0 Å². The lowest BCUT2D eigenvalue weighted by molar-refractivity contribution is -0.132. The van der Waals surface area contributed by atoms with E-state index in [4.69, 9.17) is 5.11 Å². The highest BCUT2D eigenvalue weighted by Gasteiger charge is 1.99. The number of hydrogen-bond donors (Lipinski definition) is 1. The minimum absolute atomic E-state index is 0.325. The SMILES string of the molecule is CC(=Cc1ccnc(C)c1)C(=O)O. The number of hydrogen-bond acceptors (Lipinski definition) is 2. The molecular weight excluding hydrogens is 166 g/mol. The second-order valence-corrected chi connectivity index (χ2v) is 2.86. The normalized spacial score (nSPS) is 11.4. The van der Waals surface area contributed by atoms with Gasteiger partial charge in [-0.05, 0) is 37.6 Å². The van der Waals surface area contributed by atoms with Crippen LogP contribution in [-0.2, 0) is 4.79 Å². The average Bonchev–Trinajstić information content (AvgIpc) is 2.04. The van der Waals surface area contributed by atoms with E-state index in [0.29, 0.717) is 5.57 Å². The number of aryl methyl sites for hydroxylation is 1. The van der Waals surface area contributed by atoms with Crippen molar-refractivity contribution in [2.24, 2.45) is 0 Å². The molecule has 0 amide bonds. The molecule has 1 aromatic rings. The van der Waals surface area contributed by atoms with Gasteiger partial charge < -0.3 is 5.11 Å². The molecule has 3 nitrogen and oxygen atoms in total. The van der Waals surface area contributed by atoms with Gasteiger partial charge in [-0.15, -0.1) is 0 Å². The summed E-state index contributed by atoms with van der Waals surface area (Å²) in [5.74, 6) is -0.894. The molecule has 1 N–H and O–H groups in total. The van der Waals surface area contributed by atoms with E-state index in [2.05, 4.69) is 4.98 Å². The molecule has 0 spiro atoms. The summed E-state index contributed by atoms with van der Waals surface area (Å²) in [5.41, 5.74) is 2.07. The van der Waals surface area contributed by atoms with Crippen LogP contribution in [0.15, 0.2) is 23.9 Å². The Bertz CT molecular complexity index is 356. The summed E-state index contributed by atoms with van der Waals surface area (Å²) in [6.07, 6.45) is 3.29. The van der Waals surface area contributed by atoms with E-state index in [9.17, 15) is 4.79 Å². The van der Waals surface area contributed by atoms with Gasteiger partial charge in [0, 0.05) is 17.5 Å². The molecule has 3 heteroatoms. The maximum absolute atomic E-state index is 10.5. The van der Waals surface area contributed by atoms with Crippen LogP contribution in [-0.4, -0.2) is 16.1 Å². The third-order valence-electron chi connectivity index (χ3n) is 1.64. The highest BCUT2D eigenvalue weighted by Crippen LogP contribution is 2.06. The van der Waals surface area contributed by atoms with E-state index in [1.165, 1.54) is 0 Å². The first-order chi connectivity index (χ1) is 6.09. The number of nitrogens with zero attached hydrogens (tertiary/aromatic N) is 1. The molecule has 0 aliphatic rings. The van der Waals surface area contributed by atoms with E-state index in [1.54, 1.807) is 25.3 Å². The Labute approximate surface area is 76.7 Å². The molecule has 0 atom stereocenters. The van der Waals surface area contributed by atoms with Crippen LogP contribution in [0.2, 0.25) is 0 Å². The van der Waals surface area contributed by atoms with Crippen LogP contribution in [0, 0.1) is 6.92 Å². The molecule has 0 radical (unpaired) electrons. The van der Waals surface area contributed by atoms with Gasteiger partial charge in [-0.2, -0.15) is 0 Å². The van der Waals surface area contributed by atoms with Crippen LogP contribution in [0.25, 0.3) is 6.08 Å². The van der Waals surface area contributed by atoms with Crippen molar-refractivity contribution in [3.63, 3.8) is 0 Å². The van der Waals surface area contributed by atoms with Gasteiger partial charge in [0.1, 0.15) is 0 Å². The van der Waals surface area contributed by atoms with Gasteiger partial charge in [0.05, 0.1) is 0 Å². The highest BCUT2D eigenvalue weighted by molar-refractivity contribution is 5.91. The maximum Gasteiger partial charge on any atom is 0.331 e. The number of carbonyl (C=O) groups is 1. The third kappa shape index (κ3) is 2.71. The summed E-state index contributed by atoms with van der Waals surface area (Å²) in [6.45, 7) is 3.44. The molecule has 0 saturated carbocycles. The number of aromatic nitrogens is 1. The van der Waals surface area contributed by atoms with Crippen LogP contribution in [0.1, 0.15) is 18.2 Å². The molecule has 1 heterocycles. The van der Waals surface area contributed by atoms with E-state index in [1.807, 2.05) is 13.0 Å². The van der Waals surface area contributed by atoms with Gasteiger partial charge in [0.2, 0.25) is 0 Å². The zero-order valence-corrected chi connectivity index (χ0v) is 7.61. The van der Waals surface area contributed by atoms with Crippen LogP contribution in [0.3, 0.4) is 0 Å². The Morgan fingerprint density at radius 2 is 2.31 bits per heavy atom. The first-order valence-corrected chi connectivity index (χ1v) is 3.94. The molecule has 68 valence electrons. The minimum Gasteiger partial charge on any atom is -0.478 e. The van der Waals surface area contributed by atoms with Crippen LogP contribution in [0.5, 0.6) is 0 Å². The lowest BCUT2D eigenvalue weighted by atomic mass is 10.1. The third-order valence-corrected chi connectivity index (χ3v) is 1.64. The van der Waals surface area contributed by atoms with Crippen molar-refractivity contribution in [2.45, 2.75) is 13.8 Å². The van der Waals surface area contributed by atoms with Gasteiger partial charge in [0.25, 0.3) is 0 Å². The molecular formula is C10H11NO2. The second-order valence-electron chi connectivity index (χ2n) is 2.86. The van der Waals surface area contributed by atoms with Crippen molar-refractivity contribution in [1.29, 1.82) is 0 Å². The minimum atomic E-state index is -0.894. The first-order valence-electron chi connectivity index (χ1n) is 3.94. The molecule has 13 heavy (non-hydrogen) atoms. The summed E-state index contributed by atoms with van der Waals surface area (Å²) in [5, 5.41) is 8.63. The molecule has 0 bridgehead atoms. The standard InChI is InChI=1S/C10H11NO2/c1-7(10(12)13)5-9-3-4-11-8(2)6-9/h3-6H,1-2H3,(H,12,13). The van der Waals surface area contributed by atoms with Gasteiger partial charge in [0.15, 0.2) is 0 Å². The second kappa shape index (κ2) is 3.85. The van der Waals surface area contributed by atoms with Crippen LogP contribution in [0.4, 0.5) is 0 Å². The molecule has 1 aromatic heterocycles. The van der Waals surface area contributed by atoms with Crippen molar-refractivity contribution in [1.82, 2.24) is 4.98 Å². The summed E-state index contributed by atoms with van der Waals surface area (Å²) < 4.78 is 0. The average molecular weight is 177 g/mol.